The lowest BCUT2D eigenvalue weighted by molar-refractivity contribution is -0.121. The van der Waals surface area contributed by atoms with Crippen LogP contribution in [0.15, 0.2) is 29.1 Å². The van der Waals surface area contributed by atoms with E-state index in [1.165, 1.54) is 12.1 Å². The van der Waals surface area contributed by atoms with Gasteiger partial charge in [-0.15, -0.1) is 0 Å². The molecule has 3 aromatic rings. The first-order valence-electron chi connectivity index (χ1n) is 9.40. The molecule has 0 spiro atoms. The molecule has 7 nitrogen and oxygen atoms in total. The molecule has 152 valence electrons. The number of benzene rings is 1. The molecule has 0 bridgehead atoms. The van der Waals surface area contributed by atoms with E-state index in [4.69, 9.17) is 0 Å². The first kappa shape index (κ1) is 20.4. The molecule has 0 aliphatic carbocycles. The fourth-order valence-electron chi connectivity index (χ4n) is 3.10. The number of rotatable bonds is 6. The van der Waals surface area contributed by atoms with Crippen molar-refractivity contribution in [3.63, 3.8) is 0 Å². The van der Waals surface area contributed by atoms with Crippen molar-refractivity contribution in [1.29, 1.82) is 0 Å². The maximum absolute atomic E-state index is 12.9. The molecule has 0 saturated heterocycles. The lowest BCUT2D eigenvalue weighted by atomic mass is 10.1. The van der Waals surface area contributed by atoms with Gasteiger partial charge in [-0.05, 0) is 57.4 Å². The Morgan fingerprint density at radius 1 is 1.14 bits per heavy atom. The van der Waals surface area contributed by atoms with Crippen LogP contribution in [0.4, 0.5) is 4.39 Å². The number of aryl methyl sites for hydroxylation is 2. The first-order chi connectivity index (χ1) is 13.8. The highest BCUT2D eigenvalue weighted by Crippen LogP contribution is 2.17. The Morgan fingerprint density at radius 2 is 1.83 bits per heavy atom. The minimum absolute atomic E-state index is 0.0985. The van der Waals surface area contributed by atoms with Gasteiger partial charge in [0, 0.05) is 29.9 Å². The Balaban J connectivity index is 1.68. The van der Waals surface area contributed by atoms with E-state index in [9.17, 15) is 14.0 Å². The zero-order valence-electron chi connectivity index (χ0n) is 17.0. The average Bonchev–Trinajstić information content (AvgIpc) is 2.97. The number of aromatic amines is 1. The van der Waals surface area contributed by atoms with Gasteiger partial charge in [-0.1, -0.05) is 12.1 Å². The largest absolute Gasteiger partial charge is 0.352 e. The molecule has 1 aromatic carbocycles. The van der Waals surface area contributed by atoms with Gasteiger partial charge < -0.3 is 5.32 Å². The number of aromatic nitrogens is 4. The normalized spacial score (nSPS) is 10.9. The van der Waals surface area contributed by atoms with Gasteiger partial charge in [0.1, 0.15) is 5.82 Å². The number of carbonyl (C=O) groups excluding carboxylic acids is 1. The Morgan fingerprint density at radius 3 is 2.48 bits per heavy atom. The maximum Gasteiger partial charge on any atom is 0.255 e. The summed E-state index contributed by atoms with van der Waals surface area (Å²) in [6.45, 7) is 7.62. The van der Waals surface area contributed by atoms with Crippen LogP contribution in [0.5, 0.6) is 0 Å². The standard InChI is InChI=1S/C21H24FN5O2/c1-12-13(2)24-21(25-20(12)29)27-15(4)18(14(3)26-27)9-10-19(28)23-11-16-5-7-17(22)8-6-16/h5-8H,9-11H2,1-4H3,(H,23,28)(H,24,25,29). The topological polar surface area (TPSA) is 92.7 Å². The summed E-state index contributed by atoms with van der Waals surface area (Å²) in [6.07, 6.45) is 0.813. The number of nitrogens with zero attached hydrogens (tertiary/aromatic N) is 3. The lowest BCUT2D eigenvalue weighted by Gasteiger charge is -2.07. The van der Waals surface area contributed by atoms with E-state index >= 15 is 0 Å². The van der Waals surface area contributed by atoms with Gasteiger partial charge >= 0.3 is 0 Å². The van der Waals surface area contributed by atoms with E-state index in [1.807, 2.05) is 13.8 Å². The second-order valence-corrected chi connectivity index (χ2v) is 7.06. The van der Waals surface area contributed by atoms with Crippen LogP contribution >= 0.6 is 0 Å². The molecule has 0 aliphatic rings. The molecule has 0 atom stereocenters. The average molecular weight is 397 g/mol. The zero-order valence-corrected chi connectivity index (χ0v) is 17.0. The van der Waals surface area contributed by atoms with Crippen molar-refractivity contribution in [3.8, 4) is 5.95 Å². The van der Waals surface area contributed by atoms with E-state index in [1.54, 1.807) is 30.7 Å². The summed E-state index contributed by atoms with van der Waals surface area (Å²) in [4.78, 5) is 31.4. The number of hydrogen-bond acceptors (Lipinski definition) is 4. The molecule has 2 N–H and O–H groups in total. The Bertz CT molecular complexity index is 1100. The summed E-state index contributed by atoms with van der Waals surface area (Å²) in [7, 11) is 0. The Kier molecular flexibility index (Phi) is 5.91. The van der Waals surface area contributed by atoms with Crippen molar-refractivity contribution < 1.29 is 9.18 Å². The van der Waals surface area contributed by atoms with Gasteiger partial charge in [0.15, 0.2) is 0 Å². The molecule has 0 aliphatic heterocycles. The van der Waals surface area contributed by atoms with E-state index < -0.39 is 0 Å². The summed E-state index contributed by atoms with van der Waals surface area (Å²) in [6, 6.07) is 6.03. The van der Waals surface area contributed by atoms with E-state index in [-0.39, 0.29) is 17.3 Å². The van der Waals surface area contributed by atoms with Crippen LogP contribution in [0.25, 0.3) is 5.95 Å². The molecule has 3 rings (SSSR count). The third kappa shape index (κ3) is 4.59. The third-order valence-electron chi connectivity index (χ3n) is 5.03. The first-order valence-corrected chi connectivity index (χ1v) is 9.40. The molecular weight excluding hydrogens is 373 g/mol. The van der Waals surface area contributed by atoms with E-state index in [0.29, 0.717) is 36.6 Å². The molecule has 0 fully saturated rings. The second-order valence-electron chi connectivity index (χ2n) is 7.06. The summed E-state index contributed by atoms with van der Waals surface area (Å²) >= 11 is 0. The van der Waals surface area contributed by atoms with Gasteiger partial charge in [-0.25, -0.2) is 14.1 Å². The molecule has 8 heteroatoms. The SMILES string of the molecule is Cc1nn(-c2nc(C)c(C)c(=O)[nH]2)c(C)c1CCC(=O)NCc1ccc(F)cc1. The van der Waals surface area contributed by atoms with Crippen LogP contribution in [-0.2, 0) is 17.8 Å². The molecular formula is C21H24FN5O2. The van der Waals surface area contributed by atoms with Crippen molar-refractivity contribution in [2.24, 2.45) is 0 Å². The number of carbonyl (C=O) groups is 1. The monoisotopic (exact) mass is 397 g/mol. The van der Waals surface area contributed by atoms with E-state index in [0.717, 1.165) is 22.5 Å². The van der Waals surface area contributed by atoms with Crippen molar-refractivity contribution in [2.45, 2.75) is 47.1 Å². The number of nitrogens with one attached hydrogen (secondary N) is 2. The second kappa shape index (κ2) is 8.38. The lowest BCUT2D eigenvalue weighted by Crippen LogP contribution is -2.23. The summed E-state index contributed by atoms with van der Waals surface area (Å²) in [5.41, 5.74) is 4.44. The van der Waals surface area contributed by atoms with Crippen LogP contribution in [-0.4, -0.2) is 25.7 Å². The smallest absolute Gasteiger partial charge is 0.255 e. The minimum Gasteiger partial charge on any atom is -0.352 e. The fraction of sp³-hybridized carbons (Fsp3) is 0.333. The van der Waals surface area contributed by atoms with Gasteiger partial charge in [0.2, 0.25) is 11.9 Å². The van der Waals surface area contributed by atoms with Crippen LogP contribution < -0.4 is 10.9 Å². The zero-order chi connectivity index (χ0) is 21.1. The third-order valence-corrected chi connectivity index (χ3v) is 5.03. The molecule has 0 saturated carbocycles. The summed E-state index contributed by atoms with van der Waals surface area (Å²) < 4.78 is 14.5. The van der Waals surface area contributed by atoms with Gasteiger partial charge in [-0.3, -0.25) is 14.6 Å². The van der Waals surface area contributed by atoms with Gasteiger partial charge in [-0.2, -0.15) is 5.10 Å². The quantitative estimate of drug-likeness (QED) is 0.669. The number of H-pyrrole nitrogens is 1. The number of halogens is 1. The highest BCUT2D eigenvalue weighted by molar-refractivity contribution is 5.76. The molecule has 2 aromatic heterocycles. The van der Waals surface area contributed by atoms with Gasteiger partial charge in [0.05, 0.1) is 5.69 Å². The predicted molar refractivity (Wildman–Crippen MR) is 107 cm³/mol. The van der Waals surface area contributed by atoms with Crippen molar-refractivity contribution in [3.05, 3.63) is 74.2 Å². The van der Waals surface area contributed by atoms with Crippen LogP contribution in [0.3, 0.4) is 0 Å². The van der Waals surface area contributed by atoms with Gasteiger partial charge in [0.25, 0.3) is 5.56 Å². The predicted octanol–water partition coefficient (Wildman–Crippen LogP) is 2.58. The highest BCUT2D eigenvalue weighted by Gasteiger charge is 2.16. The fourth-order valence-corrected chi connectivity index (χ4v) is 3.10. The minimum atomic E-state index is -0.303. The molecule has 0 unspecified atom stereocenters. The maximum atomic E-state index is 12.9. The highest BCUT2D eigenvalue weighted by atomic mass is 19.1. The number of hydrogen-bond donors (Lipinski definition) is 2. The van der Waals surface area contributed by atoms with Crippen molar-refractivity contribution in [2.75, 3.05) is 0 Å². The Hall–Kier alpha value is -3.29. The van der Waals surface area contributed by atoms with Crippen molar-refractivity contribution >= 4 is 5.91 Å². The van der Waals surface area contributed by atoms with Crippen molar-refractivity contribution in [1.82, 2.24) is 25.1 Å². The van der Waals surface area contributed by atoms with Crippen LogP contribution in [0.2, 0.25) is 0 Å². The molecule has 0 radical (unpaired) electrons. The molecule has 2 heterocycles. The molecule has 1 amide bonds. The number of amides is 1. The summed E-state index contributed by atoms with van der Waals surface area (Å²) in [5.74, 6) is -0.0352. The van der Waals surface area contributed by atoms with Crippen LogP contribution in [0, 0.1) is 33.5 Å². The van der Waals surface area contributed by atoms with E-state index in [2.05, 4.69) is 20.4 Å². The van der Waals surface area contributed by atoms with Crippen LogP contribution in [0.1, 0.15) is 40.2 Å². The summed E-state index contributed by atoms with van der Waals surface area (Å²) in [5, 5.41) is 7.33. The Labute approximate surface area is 168 Å². The molecule has 29 heavy (non-hydrogen) atoms.